The number of amides is 1. The van der Waals surface area contributed by atoms with E-state index in [4.69, 9.17) is 15.2 Å². The number of likely N-dealkylation sites (tertiary alicyclic amines) is 1. The number of benzene rings is 1. The zero-order valence-electron chi connectivity index (χ0n) is 12.1. The zero-order valence-corrected chi connectivity index (χ0v) is 12.1. The van der Waals surface area contributed by atoms with Gasteiger partial charge in [-0.1, -0.05) is 0 Å². The van der Waals surface area contributed by atoms with Crippen LogP contribution in [0.25, 0.3) is 0 Å². The van der Waals surface area contributed by atoms with Crippen molar-refractivity contribution in [3.8, 4) is 11.5 Å². The Morgan fingerprint density at radius 2 is 1.90 bits per heavy atom. The van der Waals surface area contributed by atoms with Gasteiger partial charge in [-0.2, -0.15) is 0 Å². The van der Waals surface area contributed by atoms with Crippen LogP contribution in [0.2, 0.25) is 0 Å². The second-order valence-corrected chi connectivity index (χ2v) is 4.84. The minimum atomic E-state index is 0.0266. The van der Waals surface area contributed by atoms with Crippen LogP contribution in [0, 0.1) is 5.92 Å². The lowest BCUT2D eigenvalue weighted by molar-refractivity contribution is 0.0515. The Labute approximate surface area is 119 Å². The van der Waals surface area contributed by atoms with E-state index < -0.39 is 0 Å². The molecule has 0 unspecified atom stereocenters. The molecule has 1 aliphatic heterocycles. The molecule has 1 amide bonds. The van der Waals surface area contributed by atoms with Crippen molar-refractivity contribution in [1.29, 1.82) is 0 Å². The number of hydrogen-bond acceptors (Lipinski definition) is 4. The number of rotatable bonds is 6. The van der Waals surface area contributed by atoms with Gasteiger partial charge in [0.2, 0.25) is 0 Å². The Kier molecular flexibility index (Phi) is 4.84. The number of carbonyl (C=O) groups is 1. The molecule has 2 N–H and O–H groups in total. The molecule has 1 saturated heterocycles. The molecule has 5 nitrogen and oxygen atoms in total. The predicted molar refractivity (Wildman–Crippen MR) is 77.2 cm³/mol. The first kappa shape index (κ1) is 14.7. The minimum absolute atomic E-state index is 0.0266. The van der Waals surface area contributed by atoms with E-state index in [1.807, 2.05) is 18.7 Å². The molecule has 0 spiro atoms. The van der Waals surface area contributed by atoms with Crippen LogP contribution in [0.15, 0.2) is 18.2 Å². The van der Waals surface area contributed by atoms with Crippen LogP contribution >= 0.6 is 0 Å². The third kappa shape index (κ3) is 3.04. The van der Waals surface area contributed by atoms with Gasteiger partial charge in [0.25, 0.3) is 5.91 Å². The number of carbonyl (C=O) groups excluding carboxylic acids is 1. The molecule has 110 valence electrons. The molecule has 1 aromatic rings. The normalized spacial score (nSPS) is 14.8. The third-order valence-electron chi connectivity index (χ3n) is 3.37. The Hall–Kier alpha value is -1.75. The molecule has 0 atom stereocenters. The van der Waals surface area contributed by atoms with Crippen molar-refractivity contribution in [2.75, 3.05) is 32.8 Å². The first-order valence-electron chi connectivity index (χ1n) is 7.08. The molecule has 20 heavy (non-hydrogen) atoms. The summed E-state index contributed by atoms with van der Waals surface area (Å²) in [5.74, 6) is 1.76. The Balaban J connectivity index is 2.12. The maximum Gasteiger partial charge on any atom is 0.254 e. The van der Waals surface area contributed by atoms with Crippen molar-refractivity contribution in [3.63, 3.8) is 0 Å². The van der Waals surface area contributed by atoms with E-state index in [1.54, 1.807) is 18.2 Å². The first-order valence-corrected chi connectivity index (χ1v) is 7.08. The Morgan fingerprint density at radius 3 is 2.50 bits per heavy atom. The van der Waals surface area contributed by atoms with Gasteiger partial charge in [0.05, 0.1) is 13.2 Å². The molecule has 0 saturated carbocycles. The largest absolute Gasteiger partial charge is 0.490 e. The monoisotopic (exact) mass is 278 g/mol. The van der Waals surface area contributed by atoms with Crippen LogP contribution in [0.1, 0.15) is 24.2 Å². The van der Waals surface area contributed by atoms with E-state index >= 15 is 0 Å². The van der Waals surface area contributed by atoms with Gasteiger partial charge in [-0.25, -0.2) is 0 Å². The lowest BCUT2D eigenvalue weighted by Crippen LogP contribution is -2.52. The summed E-state index contributed by atoms with van der Waals surface area (Å²) < 4.78 is 11.0. The van der Waals surface area contributed by atoms with E-state index in [1.165, 1.54) is 0 Å². The summed E-state index contributed by atoms with van der Waals surface area (Å²) >= 11 is 0. The molecule has 5 heteroatoms. The molecular formula is C15H22N2O3. The van der Waals surface area contributed by atoms with Crippen LogP contribution in [0.5, 0.6) is 11.5 Å². The highest BCUT2D eigenvalue weighted by molar-refractivity contribution is 5.95. The highest BCUT2D eigenvalue weighted by Crippen LogP contribution is 2.29. The maximum atomic E-state index is 12.3. The fraction of sp³-hybridized carbons (Fsp3) is 0.533. The molecule has 0 aliphatic carbocycles. The molecule has 1 heterocycles. The molecule has 0 aromatic heterocycles. The van der Waals surface area contributed by atoms with Crippen molar-refractivity contribution < 1.29 is 14.3 Å². The standard InChI is InChI=1S/C15H22N2O3/c1-3-19-13-6-5-12(7-14(13)20-4-2)15(18)17-9-11(8-16)10-17/h5-7,11H,3-4,8-10,16H2,1-2H3. The number of nitrogens with two attached hydrogens (primary N) is 1. The van der Waals surface area contributed by atoms with Crippen molar-refractivity contribution in [3.05, 3.63) is 23.8 Å². The zero-order chi connectivity index (χ0) is 14.5. The van der Waals surface area contributed by atoms with Crippen molar-refractivity contribution in [1.82, 2.24) is 4.90 Å². The van der Waals surface area contributed by atoms with Gasteiger partial charge in [-0.05, 0) is 38.6 Å². The van der Waals surface area contributed by atoms with Gasteiger partial charge in [-0.15, -0.1) is 0 Å². The topological polar surface area (TPSA) is 64.8 Å². The third-order valence-corrected chi connectivity index (χ3v) is 3.37. The highest BCUT2D eigenvalue weighted by atomic mass is 16.5. The molecular weight excluding hydrogens is 256 g/mol. The lowest BCUT2D eigenvalue weighted by atomic mass is 9.99. The average molecular weight is 278 g/mol. The van der Waals surface area contributed by atoms with E-state index in [9.17, 15) is 4.79 Å². The summed E-state index contributed by atoms with van der Waals surface area (Å²) in [7, 11) is 0. The smallest absolute Gasteiger partial charge is 0.254 e. The fourth-order valence-corrected chi connectivity index (χ4v) is 2.25. The van der Waals surface area contributed by atoms with Crippen molar-refractivity contribution in [2.24, 2.45) is 11.7 Å². The number of hydrogen-bond donors (Lipinski definition) is 1. The van der Waals surface area contributed by atoms with Crippen LogP contribution in [0.3, 0.4) is 0 Å². The molecule has 1 fully saturated rings. The van der Waals surface area contributed by atoms with Crippen molar-refractivity contribution in [2.45, 2.75) is 13.8 Å². The van der Waals surface area contributed by atoms with Crippen LogP contribution in [0.4, 0.5) is 0 Å². The average Bonchev–Trinajstić information content (AvgIpc) is 2.40. The molecule has 1 aromatic carbocycles. The van der Waals surface area contributed by atoms with Crippen LogP contribution in [-0.4, -0.2) is 43.7 Å². The van der Waals surface area contributed by atoms with Crippen LogP contribution in [-0.2, 0) is 0 Å². The second-order valence-electron chi connectivity index (χ2n) is 4.84. The first-order chi connectivity index (χ1) is 9.69. The fourth-order valence-electron chi connectivity index (χ4n) is 2.25. The van der Waals surface area contributed by atoms with E-state index in [-0.39, 0.29) is 5.91 Å². The summed E-state index contributed by atoms with van der Waals surface area (Å²) in [5.41, 5.74) is 6.21. The molecule has 2 rings (SSSR count). The summed E-state index contributed by atoms with van der Waals surface area (Å²) in [6.07, 6.45) is 0. The van der Waals surface area contributed by atoms with Gasteiger partial charge in [0.15, 0.2) is 11.5 Å². The molecule has 0 radical (unpaired) electrons. The SMILES string of the molecule is CCOc1ccc(C(=O)N2CC(CN)C2)cc1OCC. The van der Waals surface area contributed by atoms with Gasteiger partial charge in [-0.3, -0.25) is 4.79 Å². The molecule has 1 aliphatic rings. The van der Waals surface area contributed by atoms with E-state index in [2.05, 4.69) is 0 Å². The quantitative estimate of drug-likeness (QED) is 0.856. The number of ether oxygens (including phenoxy) is 2. The van der Waals surface area contributed by atoms with Gasteiger partial charge in [0.1, 0.15) is 0 Å². The van der Waals surface area contributed by atoms with Gasteiger partial charge < -0.3 is 20.1 Å². The summed E-state index contributed by atoms with van der Waals surface area (Å²) in [5, 5.41) is 0. The second kappa shape index (κ2) is 6.61. The lowest BCUT2D eigenvalue weighted by Gasteiger charge is -2.38. The predicted octanol–water partition coefficient (Wildman–Crippen LogP) is 1.51. The Bertz CT molecular complexity index is 470. The van der Waals surface area contributed by atoms with Gasteiger partial charge in [0, 0.05) is 24.6 Å². The van der Waals surface area contributed by atoms with Crippen LogP contribution < -0.4 is 15.2 Å². The highest BCUT2D eigenvalue weighted by Gasteiger charge is 2.30. The maximum absolute atomic E-state index is 12.3. The summed E-state index contributed by atoms with van der Waals surface area (Å²) in [4.78, 5) is 14.1. The van der Waals surface area contributed by atoms with Crippen molar-refractivity contribution >= 4 is 5.91 Å². The molecule has 0 bridgehead atoms. The minimum Gasteiger partial charge on any atom is -0.490 e. The van der Waals surface area contributed by atoms with Gasteiger partial charge >= 0.3 is 0 Å². The summed E-state index contributed by atoms with van der Waals surface area (Å²) in [6.45, 7) is 7.05. The van der Waals surface area contributed by atoms with E-state index in [0.717, 1.165) is 13.1 Å². The summed E-state index contributed by atoms with van der Waals surface area (Å²) in [6, 6.07) is 5.33. The number of nitrogens with zero attached hydrogens (tertiary/aromatic N) is 1. The Morgan fingerprint density at radius 1 is 1.25 bits per heavy atom. The van der Waals surface area contributed by atoms with E-state index in [0.29, 0.717) is 42.7 Å².